The zero-order chi connectivity index (χ0) is 21.0. The Kier molecular flexibility index (Phi) is 6.33. The molecule has 0 radical (unpaired) electrons. The average molecular weight is 413 g/mol. The molecule has 0 aliphatic rings. The molecule has 29 heavy (non-hydrogen) atoms. The molecule has 0 fully saturated rings. The van der Waals surface area contributed by atoms with Crippen LogP contribution >= 0.6 is 0 Å². The van der Waals surface area contributed by atoms with Crippen LogP contribution in [0.15, 0.2) is 54.9 Å². The molecule has 0 unspecified atom stereocenters. The van der Waals surface area contributed by atoms with Crippen LogP contribution in [0.25, 0.3) is 0 Å². The van der Waals surface area contributed by atoms with Gasteiger partial charge in [-0.1, -0.05) is 25.1 Å². The number of carbonyl (C=O) groups is 1. The standard InChI is InChI=1S/C21H24N4O3S/c1-4-16-6-9-19(10-7-16)25(29(27)28)20-11-18(8-5-15(20)2)21(26)22-12-17-13-23-24(3)14-17/h5-11,13-14,29H,4,12H2,1-3H3,(H,22,26). The van der Waals surface area contributed by atoms with Crippen molar-refractivity contribution in [1.82, 2.24) is 15.1 Å². The van der Waals surface area contributed by atoms with Crippen molar-refractivity contribution in [2.45, 2.75) is 26.8 Å². The highest BCUT2D eigenvalue weighted by molar-refractivity contribution is 7.74. The second-order valence-corrected chi connectivity index (χ2v) is 7.65. The number of hydrogen-bond acceptors (Lipinski definition) is 4. The fourth-order valence-corrected chi connectivity index (χ4v) is 3.73. The Morgan fingerprint density at radius 3 is 2.45 bits per heavy atom. The number of aromatic nitrogens is 2. The lowest BCUT2D eigenvalue weighted by atomic mass is 10.1. The summed E-state index contributed by atoms with van der Waals surface area (Å²) in [6.07, 6.45) is 4.38. The Balaban J connectivity index is 1.88. The van der Waals surface area contributed by atoms with Gasteiger partial charge < -0.3 is 5.32 Å². The second-order valence-electron chi connectivity index (χ2n) is 6.78. The monoisotopic (exact) mass is 412 g/mol. The van der Waals surface area contributed by atoms with Gasteiger partial charge in [-0.3, -0.25) is 9.48 Å². The summed E-state index contributed by atoms with van der Waals surface area (Å²) in [5, 5.41) is 6.91. The van der Waals surface area contributed by atoms with E-state index >= 15 is 0 Å². The quantitative estimate of drug-likeness (QED) is 0.585. The molecule has 3 aromatic rings. The zero-order valence-electron chi connectivity index (χ0n) is 16.6. The molecule has 2 aromatic carbocycles. The zero-order valence-corrected chi connectivity index (χ0v) is 17.5. The minimum atomic E-state index is -2.93. The van der Waals surface area contributed by atoms with Crippen molar-refractivity contribution in [3.8, 4) is 0 Å². The highest BCUT2D eigenvalue weighted by atomic mass is 32.2. The summed E-state index contributed by atoms with van der Waals surface area (Å²) >= 11 is 0. The molecule has 0 saturated carbocycles. The summed E-state index contributed by atoms with van der Waals surface area (Å²) in [5.41, 5.74) is 4.14. The lowest BCUT2D eigenvalue weighted by molar-refractivity contribution is 0.0951. The van der Waals surface area contributed by atoms with E-state index in [9.17, 15) is 13.2 Å². The predicted molar refractivity (Wildman–Crippen MR) is 114 cm³/mol. The molecule has 0 bridgehead atoms. The second kappa shape index (κ2) is 8.91. The van der Waals surface area contributed by atoms with E-state index in [0.29, 0.717) is 23.5 Å². The molecular weight excluding hydrogens is 388 g/mol. The Labute approximate surface area is 172 Å². The number of carbonyl (C=O) groups excluding carboxylic acids is 1. The van der Waals surface area contributed by atoms with Gasteiger partial charge in [0.05, 0.1) is 17.6 Å². The molecule has 0 saturated heterocycles. The van der Waals surface area contributed by atoms with Crippen molar-refractivity contribution in [3.05, 3.63) is 77.1 Å². The van der Waals surface area contributed by atoms with E-state index in [0.717, 1.165) is 23.1 Å². The number of thiol groups is 1. The topological polar surface area (TPSA) is 84.3 Å². The maximum absolute atomic E-state index is 12.6. The van der Waals surface area contributed by atoms with Gasteiger partial charge in [-0.2, -0.15) is 5.10 Å². The Bertz CT molecular complexity index is 1080. The predicted octanol–water partition coefficient (Wildman–Crippen LogP) is 2.89. The van der Waals surface area contributed by atoms with Crippen molar-refractivity contribution in [2.75, 3.05) is 4.31 Å². The molecule has 0 spiro atoms. The SMILES string of the molecule is CCc1ccc(N(c2cc(C(=O)NCc3cnn(C)c3)ccc2C)[SH](=O)=O)cc1. The summed E-state index contributed by atoms with van der Waals surface area (Å²) in [6, 6.07) is 12.4. The van der Waals surface area contributed by atoms with Gasteiger partial charge in [-0.15, -0.1) is 0 Å². The molecule has 1 N–H and O–H groups in total. The number of anilines is 2. The highest BCUT2D eigenvalue weighted by Crippen LogP contribution is 2.30. The van der Waals surface area contributed by atoms with Crippen LogP contribution in [0, 0.1) is 6.92 Å². The summed E-state index contributed by atoms with van der Waals surface area (Å²) in [6.45, 7) is 4.20. The molecule has 152 valence electrons. The molecule has 1 heterocycles. The summed E-state index contributed by atoms with van der Waals surface area (Å²) in [5.74, 6) is -0.280. The average Bonchev–Trinajstić information content (AvgIpc) is 3.13. The number of hydrogen-bond donors (Lipinski definition) is 2. The van der Waals surface area contributed by atoms with E-state index in [4.69, 9.17) is 0 Å². The smallest absolute Gasteiger partial charge is 0.251 e. The fourth-order valence-electron chi connectivity index (χ4n) is 3.02. The summed E-state index contributed by atoms with van der Waals surface area (Å²) in [4.78, 5) is 12.6. The van der Waals surface area contributed by atoms with E-state index < -0.39 is 10.9 Å². The van der Waals surface area contributed by atoms with Crippen molar-refractivity contribution in [1.29, 1.82) is 0 Å². The van der Waals surface area contributed by atoms with Gasteiger partial charge in [0.1, 0.15) is 0 Å². The van der Waals surface area contributed by atoms with Gasteiger partial charge in [-0.05, 0) is 48.7 Å². The molecular formula is C21H24N4O3S. The first-order chi connectivity index (χ1) is 13.9. The van der Waals surface area contributed by atoms with Crippen molar-refractivity contribution in [3.63, 3.8) is 0 Å². The van der Waals surface area contributed by atoms with Gasteiger partial charge in [0.15, 0.2) is 0 Å². The first-order valence-corrected chi connectivity index (χ1v) is 10.4. The molecule has 0 atom stereocenters. The molecule has 1 amide bonds. The number of amides is 1. The first-order valence-electron chi connectivity index (χ1n) is 9.28. The molecule has 7 nitrogen and oxygen atoms in total. The lowest BCUT2D eigenvalue weighted by Gasteiger charge is -2.21. The van der Waals surface area contributed by atoms with E-state index in [-0.39, 0.29) is 5.91 Å². The van der Waals surface area contributed by atoms with E-state index in [1.807, 2.05) is 39.2 Å². The summed E-state index contributed by atoms with van der Waals surface area (Å²) < 4.78 is 27.0. The van der Waals surface area contributed by atoms with Gasteiger partial charge in [-0.25, -0.2) is 12.7 Å². The fraction of sp³-hybridized carbons (Fsp3) is 0.238. The van der Waals surface area contributed by atoms with Crippen molar-refractivity contribution < 1.29 is 13.2 Å². The maximum Gasteiger partial charge on any atom is 0.251 e. The third kappa shape index (κ3) is 4.83. The van der Waals surface area contributed by atoms with Crippen LogP contribution in [0.2, 0.25) is 0 Å². The van der Waals surface area contributed by atoms with Crippen LogP contribution in [0.5, 0.6) is 0 Å². The van der Waals surface area contributed by atoms with Crippen LogP contribution in [-0.2, 0) is 30.9 Å². The number of aryl methyl sites for hydroxylation is 3. The van der Waals surface area contributed by atoms with Gasteiger partial charge >= 0.3 is 0 Å². The van der Waals surface area contributed by atoms with Crippen LogP contribution in [-0.4, -0.2) is 24.1 Å². The minimum Gasteiger partial charge on any atom is -0.348 e. The summed E-state index contributed by atoms with van der Waals surface area (Å²) in [7, 11) is -1.12. The third-order valence-electron chi connectivity index (χ3n) is 4.66. The number of nitrogens with zero attached hydrogens (tertiary/aromatic N) is 3. The van der Waals surface area contributed by atoms with Crippen molar-refractivity contribution >= 4 is 28.2 Å². The molecule has 3 rings (SSSR count). The normalized spacial score (nSPS) is 10.9. The van der Waals surface area contributed by atoms with Gasteiger partial charge in [0.25, 0.3) is 5.91 Å². The van der Waals surface area contributed by atoms with Gasteiger partial charge in [0.2, 0.25) is 10.9 Å². The largest absolute Gasteiger partial charge is 0.348 e. The van der Waals surface area contributed by atoms with E-state index in [2.05, 4.69) is 10.4 Å². The van der Waals surface area contributed by atoms with E-state index in [1.54, 1.807) is 41.2 Å². The molecule has 0 aliphatic carbocycles. The number of rotatable bonds is 7. The molecule has 1 aromatic heterocycles. The maximum atomic E-state index is 12.6. The van der Waals surface area contributed by atoms with Crippen LogP contribution < -0.4 is 9.62 Å². The lowest BCUT2D eigenvalue weighted by Crippen LogP contribution is -2.23. The molecule has 0 aliphatic heterocycles. The van der Waals surface area contributed by atoms with Crippen LogP contribution in [0.1, 0.15) is 34.0 Å². The first kappa shape index (κ1) is 20.6. The van der Waals surface area contributed by atoms with Crippen LogP contribution in [0.3, 0.4) is 0 Å². The number of benzene rings is 2. The Morgan fingerprint density at radius 1 is 1.14 bits per heavy atom. The Hall–Kier alpha value is -3.13. The van der Waals surface area contributed by atoms with Gasteiger partial charge in [0, 0.05) is 30.9 Å². The third-order valence-corrected chi connectivity index (χ3v) is 5.44. The molecule has 8 heteroatoms. The minimum absolute atomic E-state index is 0.280. The highest BCUT2D eigenvalue weighted by Gasteiger charge is 2.17. The Morgan fingerprint density at radius 2 is 1.86 bits per heavy atom. The van der Waals surface area contributed by atoms with Crippen LogP contribution in [0.4, 0.5) is 11.4 Å². The van der Waals surface area contributed by atoms with E-state index in [1.165, 1.54) is 4.31 Å². The van der Waals surface area contributed by atoms with Crippen molar-refractivity contribution in [2.24, 2.45) is 7.05 Å². The number of nitrogens with one attached hydrogen (secondary N) is 1.